The van der Waals surface area contributed by atoms with E-state index in [0.29, 0.717) is 40.0 Å². The zero-order valence-electron chi connectivity index (χ0n) is 17.5. The Morgan fingerprint density at radius 3 is 2.81 bits per heavy atom. The van der Waals surface area contributed by atoms with E-state index in [9.17, 15) is 9.59 Å². The largest absolute Gasteiger partial charge is 0.493 e. The fraction of sp³-hybridized carbons (Fsp3) is 0.227. The lowest BCUT2D eigenvalue weighted by molar-refractivity contribution is -0.116. The van der Waals surface area contributed by atoms with Gasteiger partial charge in [-0.25, -0.2) is 9.48 Å². The van der Waals surface area contributed by atoms with E-state index >= 15 is 0 Å². The van der Waals surface area contributed by atoms with Gasteiger partial charge in [0.15, 0.2) is 17.1 Å². The van der Waals surface area contributed by atoms with Gasteiger partial charge in [0, 0.05) is 35.7 Å². The van der Waals surface area contributed by atoms with Crippen molar-refractivity contribution in [3.05, 3.63) is 69.8 Å². The Labute approximate surface area is 188 Å². The summed E-state index contributed by atoms with van der Waals surface area (Å²) in [5, 5.41) is 7.60. The van der Waals surface area contributed by atoms with Crippen molar-refractivity contribution in [1.82, 2.24) is 14.3 Å². The van der Waals surface area contributed by atoms with Crippen LogP contribution in [0.25, 0.3) is 11.1 Å². The summed E-state index contributed by atoms with van der Waals surface area (Å²) in [4.78, 5) is 24.7. The molecule has 0 unspecified atom stereocenters. The van der Waals surface area contributed by atoms with Crippen molar-refractivity contribution in [1.29, 1.82) is 0 Å². The highest BCUT2D eigenvalue weighted by molar-refractivity contribution is 6.31. The molecule has 1 N–H and O–H groups in total. The first-order valence-electron chi connectivity index (χ1n) is 9.80. The molecule has 4 rings (SSSR count). The summed E-state index contributed by atoms with van der Waals surface area (Å²) in [6, 6.07) is 12.2. The summed E-state index contributed by atoms with van der Waals surface area (Å²) in [6.07, 6.45) is 1.67. The van der Waals surface area contributed by atoms with Gasteiger partial charge in [0.25, 0.3) is 0 Å². The number of carbonyl (C=O) groups is 1. The van der Waals surface area contributed by atoms with Crippen molar-refractivity contribution >= 4 is 34.4 Å². The number of aromatic nitrogens is 3. The van der Waals surface area contributed by atoms with Gasteiger partial charge < -0.3 is 19.2 Å². The van der Waals surface area contributed by atoms with Crippen LogP contribution in [0.3, 0.4) is 0 Å². The zero-order valence-corrected chi connectivity index (χ0v) is 18.3. The SMILES string of the molecule is COc1cccc(Cn2nccc2NC(=O)CCn2c(=O)oc3cc(Cl)ccc32)c1OC. The van der Waals surface area contributed by atoms with Crippen molar-refractivity contribution in [2.75, 3.05) is 19.5 Å². The molecule has 0 bridgehead atoms. The number of halogens is 1. The summed E-state index contributed by atoms with van der Waals surface area (Å²) in [5.41, 5.74) is 1.82. The van der Waals surface area contributed by atoms with E-state index in [2.05, 4.69) is 10.4 Å². The third-order valence-electron chi connectivity index (χ3n) is 4.98. The first kappa shape index (κ1) is 21.5. The number of amides is 1. The highest BCUT2D eigenvalue weighted by atomic mass is 35.5. The number of benzene rings is 2. The quantitative estimate of drug-likeness (QED) is 0.435. The third kappa shape index (κ3) is 4.33. The smallest absolute Gasteiger partial charge is 0.419 e. The molecular formula is C22H21ClN4O5. The maximum absolute atomic E-state index is 12.6. The molecule has 9 nitrogen and oxygen atoms in total. The lowest BCUT2D eigenvalue weighted by atomic mass is 10.2. The number of ether oxygens (including phenoxy) is 2. The molecule has 0 radical (unpaired) electrons. The number of nitrogens with zero attached hydrogens (tertiary/aromatic N) is 3. The van der Waals surface area contributed by atoms with Gasteiger partial charge in [-0.15, -0.1) is 0 Å². The standard InChI is InChI=1S/C22H21ClN4O5/c1-30-17-5-3-4-14(21(17)31-2)13-27-19(8-10-24-27)25-20(28)9-11-26-16-7-6-15(23)12-18(16)32-22(26)29/h3-8,10,12H,9,11,13H2,1-2H3,(H,25,28). The Morgan fingerprint density at radius 2 is 2.03 bits per heavy atom. The molecule has 166 valence electrons. The Balaban J connectivity index is 1.46. The highest BCUT2D eigenvalue weighted by Crippen LogP contribution is 2.31. The van der Waals surface area contributed by atoms with Crippen LogP contribution in [0.5, 0.6) is 11.5 Å². The number of carbonyl (C=O) groups excluding carboxylic acids is 1. The Morgan fingerprint density at radius 1 is 1.19 bits per heavy atom. The summed E-state index contributed by atoms with van der Waals surface area (Å²) in [7, 11) is 3.15. The number of hydrogen-bond donors (Lipinski definition) is 1. The van der Waals surface area contributed by atoms with E-state index in [-0.39, 0.29) is 18.9 Å². The molecular weight excluding hydrogens is 436 g/mol. The average molecular weight is 457 g/mol. The van der Waals surface area contributed by atoms with E-state index in [4.69, 9.17) is 25.5 Å². The summed E-state index contributed by atoms with van der Waals surface area (Å²) < 4.78 is 19.1. The van der Waals surface area contributed by atoms with E-state index in [0.717, 1.165) is 5.56 Å². The van der Waals surface area contributed by atoms with Crippen LogP contribution in [-0.2, 0) is 17.9 Å². The van der Waals surface area contributed by atoms with Gasteiger partial charge in [0.05, 0.1) is 32.5 Å². The first-order chi connectivity index (χ1) is 15.5. The second-order valence-corrected chi connectivity index (χ2v) is 7.39. The predicted molar refractivity (Wildman–Crippen MR) is 120 cm³/mol. The third-order valence-corrected chi connectivity index (χ3v) is 5.22. The molecule has 2 aromatic heterocycles. The molecule has 0 aliphatic rings. The van der Waals surface area contributed by atoms with Crippen molar-refractivity contribution < 1.29 is 18.7 Å². The Kier molecular flexibility index (Phi) is 6.18. The van der Waals surface area contributed by atoms with Crippen LogP contribution >= 0.6 is 11.6 Å². The van der Waals surface area contributed by atoms with Crippen LogP contribution in [0.15, 0.2) is 57.9 Å². The van der Waals surface area contributed by atoms with Gasteiger partial charge in [-0.05, 0) is 18.2 Å². The maximum atomic E-state index is 12.6. The maximum Gasteiger partial charge on any atom is 0.419 e. The fourth-order valence-corrected chi connectivity index (χ4v) is 3.64. The fourth-order valence-electron chi connectivity index (χ4n) is 3.48. The van der Waals surface area contributed by atoms with Gasteiger partial charge in [-0.1, -0.05) is 23.7 Å². The van der Waals surface area contributed by atoms with Gasteiger partial charge in [0.1, 0.15) is 5.82 Å². The summed E-state index contributed by atoms with van der Waals surface area (Å²) in [6.45, 7) is 0.534. The highest BCUT2D eigenvalue weighted by Gasteiger charge is 2.15. The Hall–Kier alpha value is -3.72. The number of fused-ring (bicyclic) bond motifs is 1. The molecule has 32 heavy (non-hydrogen) atoms. The molecule has 0 saturated heterocycles. The summed E-state index contributed by atoms with van der Waals surface area (Å²) >= 11 is 5.94. The molecule has 2 aromatic carbocycles. The van der Waals surface area contributed by atoms with Crippen molar-refractivity contribution in [2.24, 2.45) is 0 Å². The molecule has 2 heterocycles. The zero-order chi connectivity index (χ0) is 22.7. The molecule has 0 saturated carbocycles. The lowest BCUT2D eigenvalue weighted by Crippen LogP contribution is -2.21. The van der Waals surface area contributed by atoms with E-state index < -0.39 is 5.76 Å². The second-order valence-electron chi connectivity index (χ2n) is 6.96. The van der Waals surface area contributed by atoms with Gasteiger partial charge >= 0.3 is 5.76 Å². The van der Waals surface area contributed by atoms with E-state index in [1.807, 2.05) is 18.2 Å². The second kappa shape index (κ2) is 9.19. The number of rotatable bonds is 8. The number of anilines is 1. The van der Waals surface area contributed by atoms with E-state index in [1.54, 1.807) is 49.4 Å². The lowest BCUT2D eigenvalue weighted by Gasteiger charge is -2.14. The molecule has 10 heteroatoms. The monoisotopic (exact) mass is 456 g/mol. The minimum absolute atomic E-state index is 0.0742. The number of aryl methyl sites for hydroxylation is 1. The molecule has 0 aliphatic carbocycles. The van der Waals surface area contributed by atoms with Crippen molar-refractivity contribution in [3.8, 4) is 11.5 Å². The summed E-state index contributed by atoms with van der Waals surface area (Å²) in [5.74, 6) is 0.941. The van der Waals surface area contributed by atoms with Crippen molar-refractivity contribution in [3.63, 3.8) is 0 Å². The van der Waals surface area contributed by atoms with Gasteiger partial charge in [-0.3, -0.25) is 9.36 Å². The minimum atomic E-state index is -0.537. The van der Waals surface area contributed by atoms with Crippen LogP contribution < -0.4 is 20.5 Å². The molecule has 0 aliphatic heterocycles. The molecule has 1 amide bonds. The minimum Gasteiger partial charge on any atom is -0.493 e. The normalized spacial score (nSPS) is 11.0. The number of para-hydroxylation sites is 1. The van der Waals surface area contributed by atoms with Gasteiger partial charge in [-0.2, -0.15) is 5.10 Å². The van der Waals surface area contributed by atoms with Crippen LogP contribution in [-0.4, -0.2) is 34.5 Å². The molecule has 0 fully saturated rings. The van der Waals surface area contributed by atoms with Crippen LogP contribution in [0.1, 0.15) is 12.0 Å². The number of oxazole rings is 1. The number of methoxy groups -OCH3 is 2. The van der Waals surface area contributed by atoms with Crippen LogP contribution in [0.4, 0.5) is 5.82 Å². The van der Waals surface area contributed by atoms with Crippen LogP contribution in [0, 0.1) is 0 Å². The average Bonchev–Trinajstić information content (AvgIpc) is 3.34. The number of hydrogen-bond acceptors (Lipinski definition) is 6. The molecule has 0 spiro atoms. The first-order valence-corrected chi connectivity index (χ1v) is 10.2. The van der Waals surface area contributed by atoms with Crippen molar-refractivity contribution in [2.45, 2.75) is 19.5 Å². The van der Waals surface area contributed by atoms with E-state index in [1.165, 1.54) is 4.57 Å². The predicted octanol–water partition coefficient (Wildman–Crippen LogP) is 3.54. The molecule has 0 atom stereocenters. The van der Waals surface area contributed by atoms with Gasteiger partial charge in [0.2, 0.25) is 5.91 Å². The molecule has 4 aromatic rings. The number of nitrogens with one attached hydrogen (secondary N) is 1. The Bertz CT molecular complexity index is 1320. The van der Waals surface area contributed by atoms with Crippen LogP contribution in [0.2, 0.25) is 5.02 Å². The topological polar surface area (TPSA) is 101 Å².